The van der Waals surface area contributed by atoms with E-state index < -0.39 is 0 Å². The lowest BCUT2D eigenvalue weighted by atomic mass is 10.2. The van der Waals surface area contributed by atoms with Crippen LogP contribution in [0, 0.1) is 22.7 Å². The van der Waals surface area contributed by atoms with Crippen LogP contribution in [-0.2, 0) is 0 Å². The monoisotopic (exact) mass is 220 g/mol. The molecular weight excluding hydrogens is 216 g/mol. The topological polar surface area (TPSA) is 86.5 Å². The van der Waals surface area contributed by atoms with Crippen molar-refractivity contribution in [3.63, 3.8) is 0 Å². The zero-order valence-electron chi connectivity index (χ0n) is 8.51. The fourth-order valence-corrected chi connectivity index (χ4v) is 1.75. The molecule has 1 aromatic carbocycles. The molecule has 0 amide bonds. The average molecular weight is 220 g/mol. The molecule has 0 N–H and O–H groups in total. The Morgan fingerprint density at radius 1 is 1.06 bits per heavy atom. The second-order valence-corrected chi connectivity index (χ2v) is 3.40. The smallest absolute Gasteiger partial charge is 0.236 e. The predicted octanol–water partition coefficient (Wildman–Crippen LogP) is 2.12. The minimum atomic E-state index is -0.0619. The molecule has 3 rings (SSSR count). The summed E-state index contributed by atoms with van der Waals surface area (Å²) in [5.74, 6) is -0.0619. The van der Waals surface area contributed by atoms with Crippen LogP contribution in [0.4, 0.5) is 0 Å². The van der Waals surface area contributed by atoms with Gasteiger partial charge in [0.2, 0.25) is 11.5 Å². The molecule has 0 radical (unpaired) electrons. The van der Waals surface area contributed by atoms with E-state index in [9.17, 15) is 0 Å². The Hall–Kier alpha value is -2.92. The molecule has 5 heteroatoms. The van der Waals surface area contributed by atoms with Gasteiger partial charge in [-0.15, -0.1) is 0 Å². The van der Waals surface area contributed by atoms with Crippen molar-refractivity contribution in [3.05, 3.63) is 35.8 Å². The molecule has 0 aliphatic heterocycles. The average Bonchev–Trinajstić information content (AvgIpc) is 2.75. The summed E-state index contributed by atoms with van der Waals surface area (Å²) in [6.07, 6.45) is 0. The summed E-state index contributed by atoms with van der Waals surface area (Å²) in [5, 5.41) is 19.1. The van der Waals surface area contributed by atoms with Gasteiger partial charge in [0.1, 0.15) is 17.7 Å². The highest BCUT2D eigenvalue weighted by Gasteiger charge is 2.14. The third-order valence-corrected chi connectivity index (χ3v) is 2.44. The summed E-state index contributed by atoms with van der Waals surface area (Å²) in [4.78, 5) is 7.82. The number of furan rings is 1. The van der Waals surface area contributed by atoms with Gasteiger partial charge in [0, 0.05) is 5.39 Å². The number of nitriles is 2. The van der Waals surface area contributed by atoms with E-state index in [1.54, 1.807) is 12.1 Å². The van der Waals surface area contributed by atoms with Crippen molar-refractivity contribution < 1.29 is 4.42 Å². The number of fused-ring (bicyclic) bond motifs is 3. The quantitative estimate of drug-likeness (QED) is 0.579. The van der Waals surface area contributed by atoms with Crippen molar-refractivity contribution >= 4 is 22.1 Å². The number of nitrogens with zero attached hydrogens (tertiary/aromatic N) is 4. The van der Waals surface area contributed by atoms with Crippen LogP contribution in [0.2, 0.25) is 0 Å². The first kappa shape index (κ1) is 9.32. The Balaban J connectivity index is 2.59. The van der Waals surface area contributed by atoms with Crippen molar-refractivity contribution in [1.29, 1.82) is 10.5 Å². The molecule has 0 fully saturated rings. The predicted molar refractivity (Wildman–Crippen MR) is 58.7 cm³/mol. The van der Waals surface area contributed by atoms with Gasteiger partial charge in [0.15, 0.2) is 5.69 Å². The largest absolute Gasteiger partial charge is 0.437 e. The van der Waals surface area contributed by atoms with E-state index >= 15 is 0 Å². The van der Waals surface area contributed by atoms with Crippen LogP contribution in [0.3, 0.4) is 0 Å². The Kier molecular flexibility index (Phi) is 1.80. The van der Waals surface area contributed by atoms with E-state index in [-0.39, 0.29) is 17.2 Å². The van der Waals surface area contributed by atoms with E-state index in [1.807, 2.05) is 24.3 Å². The molecule has 2 aromatic heterocycles. The second kappa shape index (κ2) is 3.29. The Morgan fingerprint density at radius 3 is 2.65 bits per heavy atom. The highest BCUT2D eigenvalue weighted by atomic mass is 16.3. The molecule has 0 bridgehead atoms. The molecule has 17 heavy (non-hydrogen) atoms. The molecular formula is C12H4N4O. The first-order valence-corrected chi connectivity index (χ1v) is 4.83. The van der Waals surface area contributed by atoms with Gasteiger partial charge in [-0.2, -0.15) is 15.5 Å². The molecule has 0 aliphatic carbocycles. The SMILES string of the molecule is N#Cc1nc(C#N)c2c(n1)oc1ccccc12. The zero-order valence-corrected chi connectivity index (χ0v) is 8.51. The van der Waals surface area contributed by atoms with Gasteiger partial charge in [-0.05, 0) is 6.07 Å². The highest BCUT2D eigenvalue weighted by molar-refractivity contribution is 6.05. The van der Waals surface area contributed by atoms with Gasteiger partial charge in [-0.1, -0.05) is 18.2 Å². The zero-order chi connectivity index (χ0) is 11.8. The molecule has 3 aromatic rings. The Labute approximate surface area is 95.5 Å². The van der Waals surface area contributed by atoms with Gasteiger partial charge in [0.25, 0.3) is 0 Å². The minimum absolute atomic E-state index is 0.0619. The van der Waals surface area contributed by atoms with Crippen molar-refractivity contribution in [2.45, 2.75) is 0 Å². The molecule has 78 valence electrons. The number of hydrogen-bond acceptors (Lipinski definition) is 5. The Morgan fingerprint density at radius 2 is 1.88 bits per heavy atom. The van der Waals surface area contributed by atoms with Crippen LogP contribution in [-0.4, -0.2) is 9.97 Å². The lowest BCUT2D eigenvalue weighted by Gasteiger charge is -1.92. The molecule has 0 atom stereocenters. The van der Waals surface area contributed by atoms with Gasteiger partial charge in [-0.25, -0.2) is 4.98 Å². The third kappa shape index (κ3) is 1.23. The molecule has 0 aliphatic rings. The third-order valence-electron chi connectivity index (χ3n) is 2.44. The number of aromatic nitrogens is 2. The number of rotatable bonds is 0. The first-order valence-electron chi connectivity index (χ1n) is 4.83. The summed E-state index contributed by atoms with van der Waals surface area (Å²) in [6.45, 7) is 0. The van der Waals surface area contributed by atoms with E-state index in [0.717, 1.165) is 5.39 Å². The molecule has 2 heterocycles. The highest BCUT2D eigenvalue weighted by Crippen LogP contribution is 2.28. The van der Waals surface area contributed by atoms with Crippen LogP contribution >= 0.6 is 0 Å². The minimum Gasteiger partial charge on any atom is -0.437 e. The van der Waals surface area contributed by atoms with E-state index in [2.05, 4.69) is 9.97 Å². The number of benzene rings is 1. The van der Waals surface area contributed by atoms with Crippen molar-refractivity contribution in [1.82, 2.24) is 9.97 Å². The van der Waals surface area contributed by atoms with Crippen molar-refractivity contribution in [2.24, 2.45) is 0 Å². The second-order valence-electron chi connectivity index (χ2n) is 3.40. The molecule has 0 unspecified atom stereocenters. The molecule has 0 saturated carbocycles. The number of hydrogen-bond donors (Lipinski definition) is 0. The van der Waals surface area contributed by atoms with Gasteiger partial charge in [0.05, 0.1) is 5.39 Å². The van der Waals surface area contributed by atoms with Crippen LogP contribution in [0.5, 0.6) is 0 Å². The van der Waals surface area contributed by atoms with Crippen LogP contribution in [0.1, 0.15) is 11.5 Å². The molecule has 0 spiro atoms. The van der Waals surface area contributed by atoms with E-state index in [0.29, 0.717) is 11.0 Å². The van der Waals surface area contributed by atoms with E-state index in [4.69, 9.17) is 14.9 Å². The normalized spacial score (nSPS) is 10.2. The lowest BCUT2D eigenvalue weighted by Crippen LogP contribution is -1.92. The maximum absolute atomic E-state index is 9.04. The summed E-state index contributed by atoms with van der Waals surface area (Å²) >= 11 is 0. The lowest BCUT2D eigenvalue weighted by molar-refractivity contribution is 0.651. The molecule has 0 saturated heterocycles. The molecule has 5 nitrogen and oxygen atoms in total. The van der Waals surface area contributed by atoms with Crippen LogP contribution < -0.4 is 0 Å². The Bertz CT molecular complexity index is 820. The fourth-order valence-electron chi connectivity index (χ4n) is 1.75. The van der Waals surface area contributed by atoms with Gasteiger partial charge < -0.3 is 4.42 Å². The van der Waals surface area contributed by atoms with Crippen LogP contribution in [0.15, 0.2) is 28.7 Å². The standard InChI is InChI=1S/C12H4N4O/c13-5-8-11-7-3-1-2-4-9(7)17-12(11)16-10(6-14)15-8/h1-4H. The fraction of sp³-hybridized carbons (Fsp3) is 0. The summed E-state index contributed by atoms with van der Waals surface area (Å²) in [5.41, 5.74) is 1.06. The van der Waals surface area contributed by atoms with Crippen molar-refractivity contribution in [3.8, 4) is 12.1 Å². The summed E-state index contributed by atoms with van der Waals surface area (Å²) < 4.78 is 5.48. The van der Waals surface area contributed by atoms with Gasteiger partial charge in [-0.3, -0.25) is 0 Å². The van der Waals surface area contributed by atoms with Crippen LogP contribution in [0.25, 0.3) is 22.1 Å². The summed E-state index contributed by atoms with van der Waals surface area (Å²) in [7, 11) is 0. The maximum Gasteiger partial charge on any atom is 0.236 e. The van der Waals surface area contributed by atoms with E-state index in [1.165, 1.54) is 0 Å². The summed E-state index contributed by atoms with van der Waals surface area (Å²) in [6, 6.07) is 11.1. The van der Waals surface area contributed by atoms with Crippen molar-refractivity contribution in [2.75, 3.05) is 0 Å². The van der Waals surface area contributed by atoms with Gasteiger partial charge >= 0.3 is 0 Å². The maximum atomic E-state index is 9.04. The first-order chi connectivity index (χ1) is 8.33. The number of para-hydroxylation sites is 1.